The molecular weight excluding hydrogens is 348 g/mol. The average molecular weight is 361 g/mol. The second-order valence-electron chi connectivity index (χ2n) is 4.04. The van der Waals surface area contributed by atoms with Gasteiger partial charge in [-0.05, 0) is 47.1 Å². The van der Waals surface area contributed by atoms with Gasteiger partial charge in [-0.25, -0.2) is 13.6 Å². The summed E-state index contributed by atoms with van der Waals surface area (Å²) in [6.07, 6.45) is 0. The molecule has 0 saturated carbocycles. The van der Waals surface area contributed by atoms with Crippen LogP contribution in [0, 0.1) is 6.92 Å². The van der Waals surface area contributed by atoms with Crippen LogP contribution in [0.4, 0.5) is 5.69 Å². The van der Waals surface area contributed by atoms with E-state index in [0.717, 1.165) is 10.2 Å². The number of hydrogen-bond donors (Lipinski definition) is 2. The first-order chi connectivity index (χ1) is 8.86. The lowest BCUT2D eigenvalue weighted by Gasteiger charge is -2.06. The van der Waals surface area contributed by atoms with Gasteiger partial charge in [0, 0.05) is 26.5 Å². The van der Waals surface area contributed by atoms with Crippen LogP contribution in [0.2, 0.25) is 0 Å². The maximum atomic E-state index is 11.3. The molecule has 0 fully saturated rings. The quantitative estimate of drug-likeness (QED) is 0.879. The average Bonchev–Trinajstić information content (AvgIpc) is 2.66. The van der Waals surface area contributed by atoms with Crippen molar-refractivity contribution in [3.63, 3.8) is 0 Å². The van der Waals surface area contributed by atoms with Crippen molar-refractivity contribution in [2.24, 2.45) is 5.14 Å². The molecule has 2 aromatic rings. The molecule has 0 bridgehead atoms. The van der Waals surface area contributed by atoms with Crippen LogP contribution in [0.25, 0.3) is 0 Å². The summed E-state index contributed by atoms with van der Waals surface area (Å²) >= 11 is 5.16. The molecule has 7 heteroatoms. The second kappa shape index (κ2) is 5.62. The van der Waals surface area contributed by atoms with E-state index in [-0.39, 0.29) is 4.90 Å². The minimum Gasteiger partial charge on any atom is -0.380 e. The van der Waals surface area contributed by atoms with Gasteiger partial charge in [0.25, 0.3) is 0 Å². The maximum Gasteiger partial charge on any atom is 0.238 e. The monoisotopic (exact) mass is 360 g/mol. The first-order valence-corrected chi connectivity index (χ1v) is 8.63. The van der Waals surface area contributed by atoms with Crippen molar-refractivity contribution in [3.05, 3.63) is 44.6 Å². The summed E-state index contributed by atoms with van der Waals surface area (Å²) < 4.78 is 23.6. The Morgan fingerprint density at radius 2 is 2.11 bits per heavy atom. The Morgan fingerprint density at radius 3 is 2.68 bits per heavy atom. The smallest absolute Gasteiger partial charge is 0.238 e. The third kappa shape index (κ3) is 3.79. The zero-order chi connectivity index (χ0) is 14.0. The van der Waals surface area contributed by atoms with E-state index in [9.17, 15) is 8.42 Å². The highest BCUT2D eigenvalue weighted by atomic mass is 79.9. The Balaban J connectivity index is 2.12. The second-order valence-corrected chi connectivity index (χ2v) is 7.80. The van der Waals surface area contributed by atoms with Crippen LogP contribution in [-0.2, 0) is 16.6 Å². The van der Waals surface area contributed by atoms with Gasteiger partial charge >= 0.3 is 0 Å². The van der Waals surface area contributed by atoms with E-state index in [1.807, 2.05) is 13.0 Å². The summed E-state index contributed by atoms with van der Waals surface area (Å²) in [7, 11) is -3.66. The van der Waals surface area contributed by atoms with E-state index in [0.29, 0.717) is 6.54 Å². The predicted octanol–water partition coefficient (Wildman–Crippen LogP) is 3.08. The first kappa shape index (κ1) is 14.5. The number of sulfonamides is 1. The third-order valence-corrected chi connectivity index (χ3v) is 5.59. The van der Waals surface area contributed by atoms with Crippen LogP contribution in [0.5, 0.6) is 0 Å². The number of nitrogens with one attached hydrogen (secondary N) is 1. The Morgan fingerprint density at radius 1 is 1.37 bits per heavy atom. The van der Waals surface area contributed by atoms with Gasteiger partial charge in [-0.15, -0.1) is 11.3 Å². The summed E-state index contributed by atoms with van der Waals surface area (Å²) in [5, 5.41) is 8.28. The number of aryl methyl sites for hydroxylation is 1. The lowest BCUT2D eigenvalue weighted by molar-refractivity contribution is 0.598. The van der Waals surface area contributed by atoms with Gasteiger partial charge in [0.1, 0.15) is 0 Å². The number of rotatable bonds is 4. The first-order valence-electron chi connectivity index (χ1n) is 5.48. The molecule has 0 radical (unpaired) electrons. The fraction of sp³-hybridized carbons (Fsp3) is 0.167. The van der Waals surface area contributed by atoms with E-state index in [1.165, 1.54) is 21.9 Å². The molecule has 3 N–H and O–H groups in total. The highest BCUT2D eigenvalue weighted by molar-refractivity contribution is 9.10. The Hall–Kier alpha value is -0.890. The van der Waals surface area contributed by atoms with Crippen molar-refractivity contribution in [2.45, 2.75) is 18.4 Å². The van der Waals surface area contributed by atoms with Gasteiger partial charge in [-0.1, -0.05) is 6.07 Å². The molecular formula is C12H13BrN2O2S2. The predicted molar refractivity (Wildman–Crippen MR) is 81.9 cm³/mol. The standard InChI is InChI=1S/C12H13BrN2O2S2/c1-8-12(13)6-10(18-8)7-15-9-3-2-4-11(5-9)19(14,16)17/h2-6,15H,7H2,1H3,(H2,14,16,17). The lowest BCUT2D eigenvalue weighted by atomic mass is 10.3. The Bertz CT molecular complexity index is 676. The minimum atomic E-state index is -3.66. The fourth-order valence-electron chi connectivity index (χ4n) is 1.58. The molecule has 1 aromatic carbocycles. The topological polar surface area (TPSA) is 72.2 Å². The number of thiophene rings is 1. The number of nitrogens with two attached hydrogens (primary N) is 1. The van der Waals surface area contributed by atoms with E-state index in [2.05, 4.69) is 27.3 Å². The van der Waals surface area contributed by atoms with Crippen LogP contribution < -0.4 is 10.5 Å². The van der Waals surface area contributed by atoms with Crippen molar-refractivity contribution >= 4 is 43.0 Å². The number of hydrogen-bond acceptors (Lipinski definition) is 4. The lowest BCUT2D eigenvalue weighted by Crippen LogP contribution is -2.12. The maximum absolute atomic E-state index is 11.3. The van der Waals surface area contributed by atoms with E-state index >= 15 is 0 Å². The number of anilines is 1. The fourth-order valence-corrected chi connectivity index (χ4v) is 3.68. The zero-order valence-corrected chi connectivity index (χ0v) is 13.4. The largest absolute Gasteiger partial charge is 0.380 e. The van der Waals surface area contributed by atoms with Gasteiger partial charge in [-0.3, -0.25) is 0 Å². The third-order valence-electron chi connectivity index (χ3n) is 2.54. The molecule has 0 aliphatic rings. The normalized spacial score (nSPS) is 11.5. The van der Waals surface area contributed by atoms with Crippen molar-refractivity contribution in [3.8, 4) is 0 Å². The number of primary sulfonamides is 1. The minimum absolute atomic E-state index is 0.112. The molecule has 0 spiro atoms. The molecule has 0 aliphatic heterocycles. The molecule has 1 aromatic heterocycles. The molecule has 4 nitrogen and oxygen atoms in total. The van der Waals surface area contributed by atoms with E-state index in [1.54, 1.807) is 17.4 Å². The summed E-state index contributed by atoms with van der Waals surface area (Å²) in [5.41, 5.74) is 0.730. The van der Waals surface area contributed by atoms with E-state index < -0.39 is 10.0 Å². The zero-order valence-electron chi connectivity index (χ0n) is 10.2. The SMILES string of the molecule is Cc1sc(CNc2cccc(S(N)(=O)=O)c2)cc1Br. The molecule has 1 heterocycles. The summed E-state index contributed by atoms with van der Waals surface area (Å²) in [4.78, 5) is 2.50. The number of halogens is 1. The molecule has 0 unspecified atom stereocenters. The highest BCUT2D eigenvalue weighted by Gasteiger charge is 2.08. The molecule has 19 heavy (non-hydrogen) atoms. The van der Waals surface area contributed by atoms with Crippen molar-refractivity contribution in [2.75, 3.05) is 5.32 Å². The van der Waals surface area contributed by atoms with Crippen molar-refractivity contribution in [1.29, 1.82) is 0 Å². The molecule has 2 rings (SSSR count). The van der Waals surface area contributed by atoms with Crippen molar-refractivity contribution in [1.82, 2.24) is 0 Å². The number of benzene rings is 1. The Labute approximate surface area is 124 Å². The van der Waals surface area contributed by atoms with Gasteiger partial charge in [0.2, 0.25) is 10.0 Å². The van der Waals surface area contributed by atoms with Gasteiger partial charge in [0.05, 0.1) is 4.90 Å². The van der Waals surface area contributed by atoms with Crippen molar-refractivity contribution < 1.29 is 8.42 Å². The Kier molecular flexibility index (Phi) is 4.29. The molecule has 102 valence electrons. The van der Waals surface area contributed by atoms with Gasteiger partial charge in [-0.2, -0.15) is 0 Å². The van der Waals surface area contributed by atoms with Gasteiger partial charge < -0.3 is 5.32 Å². The molecule has 0 atom stereocenters. The highest BCUT2D eigenvalue weighted by Crippen LogP contribution is 2.27. The van der Waals surface area contributed by atoms with Crippen LogP contribution in [0.3, 0.4) is 0 Å². The van der Waals surface area contributed by atoms with Gasteiger partial charge in [0.15, 0.2) is 0 Å². The molecule has 0 aliphatic carbocycles. The molecule has 0 amide bonds. The van der Waals surface area contributed by atoms with Crippen LogP contribution >= 0.6 is 27.3 Å². The summed E-state index contributed by atoms with van der Waals surface area (Å²) in [6, 6.07) is 8.54. The van der Waals surface area contributed by atoms with E-state index in [4.69, 9.17) is 5.14 Å². The summed E-state index contributed by atoms with van der Waals surface area (Å²) in [6.45, 7) is 2.69. The van der Waals surface area contributed by atoms with Crippen LogP contribution in [0.1, 0.15) is 9.75 Å². The van der Waals surface area contributed by atoms with Crippen LogP contribution in [-0.4, -0.2) is 8.42 Å². The summed E-state index contributed by atoms with van der Waals surface area (Å²) in [5.74, 6) is 0. The molecule has 0 saturated heterocycles. The van der Waals surface area contributed by atoms with Crippen LogP contribution in [0.15, 0.2) is 39.7 Å².